The molecule has 3 rings (SSSR count). The standard InChI is InChI=1S/C18H24N2O3S/c1-4-22-14-8-5-9-15-16(14)19-18(24-15)20(17(21)12(2)3)11-13-7-6-10-23-13/h5,8-9,12-13H,4,6-7,10-11H2,1-3H3. The third-order valence-electron chi connectivity index (χ3n) is 4.07. The zero-order valence-corrected chi connectivity index (χ0v) is 15.3. The molecule has 2 heterocycles. The third-order valence-corrected chi connectivity index (χ3v) is 5.12. The Hall–Kier alpha value is -1.66. The summed E-state index contributed by atoms with van der Waals surface area (Å²) in [5, 5.41) is 0.728. The van der Waals surface area contributed by atoms with Gasteiger partial charge in [-0.2, -0.15) is 0 Å². The van der Waals surface area contributed by atoms with Gasteiger partial charge in [-0.1, -0.05) is 31.3 Å². The van der Waals surface area contributed by atoms with E-state index in [9.17, 15) is 4.79 Å². The maximum Gasteiger partial charge on any atom is 0.231 e. The van der Waals surface area contributed by atoms with Gasteiger partial charge in [-0.15, -0.1) is 0 Å². The summed E-state index contributed by atoms with van der Waals surface area (Å²) in [6, 6.07) is 5.90. The van der Waals surface area contributed by atoms with Gasteiger partial charge < -0.3 is 9.47 Å². The van der Waals surface area contributed by atoms with Crippen LogP contribution in [0, 0.1) is 5.92 Å². The van der Waals surface area contributed by atoms with E-state index in [0.29, 0.717) is 13.2 Å². The van der Waals surface area contributed by atoms with E-state index < -0.39 is 0 Å². The fourth-order valence-electron chi connectivity index (χ4n) is 2.86. The van der Waals surface area contributed by atoms with Crippen LogP contribution < -0.4 is 9.64 Å². The van der Waals surface area contributed by atoms with Crippen LogP contribution >= 0.6 is 11.3 Å². The molecule has 1 unspecified atom stereocenters. The van der Waals surface area contributed by atoms with Gasteiger partial charge in [0.15, 0.2) is 5.13 Å². The summed E-state index contributed by atoms with van der Waals surface area (Å²) in [5.74, 6) is 0.777. The van der Waals surface area contributed by atoms with Gasteiger partial charge in [-0.05, 0) is 31.9 Å². The topological polar surface area (TPSA) is 51.7 Å². The van der Waals surface area contributed by atoms with Gasteiger partial charge in [0.25, 0.3) is 0 Å². The SMILES string of the molecule is CCOc1cccc2sc(N(CC3CCCO3)C(=O)C(C)C)nc12. The number of carbonyl (C=O) groups is 1. The molecule has 1 aromatic carbocycles. The lowest BCUT2D eigenvalue weighted by atomic mass is 10.1. The molecular weight excluding hydrogens is 324 g/mol. The van der Waals surface area contributed by atoms with Crippen LogP contribution in [0.1, 0.15) is 33.6 Å². The number of rotatable bonds is 6. The van der Waals surface area contributed by atoms with Crippen molar-refractivity contribution in [1.29, 1.82) is 0 Å². The van der Waals surface area contributed by atoms with Crippen LogP contribution in [0.25, 0.3) is 10.2 Å². The Balaban J connectivity index is 1.95. The molecule has 1 atom stereocenters. The highest BCUT2D eigenvalue weighted by Crippen LogP contribution is 2.35. The zero-order chi connectivity index (χ0) is 17.1. The lowest BCUT2D eigenvalue weighted by molar-refractivity contribution is -0.121. The minimum atomic E-state index is -0.0789. The maximum atomic E-state index is 12.7. The average molecular weight is 348 g/mol. The molecule has 1 saturated heterocycles. The van der Waals surface area contributed by atoms with Crippen LogP contribution in [0.15, 0.2) is 18.2 Å². The van der Waals surface area contributed by atoms with E-state index in [4.69, 9.17) is 14.5 Å². The summed E-state index contributed by atoms with van der Waals surface area (Å²) in [7, 11) is 0. The maximum absolute atomic E-state index is 12.7. The van der Waals surface area contributed by atoms with Gasteiger partial charge in [-0.3, -0.25) is 9.69 Å². The Bertz CT molecular complexity index is 707. The van der Waals surface area contributed by atoms with Crippen molar-refractivity contribution in [3.05, 3.63) is 18.2 Å². The zero-order valence-electron chi connectivity index (χ0n) is 14.4. The van der Waals surface area contributed by atoms with Crippen molar-refractivity contribution in [3.63, 3.8) is 0 Å². The van der Waals surface area contributed by atoms with Gasteiger partial charge in [0, 0.05) is 12.5 Å². The molecule has 0 spiro atoms. The van der Waals surface area contributed by atoms with Crippen molar-refractivity contribution < 1.29 is 14.3 Å². The molecule has 0 saturated carbocycles. The number of carbonyl (C=O) groups excluding carboxylic acids is 1. The van der Waals surface area contributed by atoms with Crippen LogP contribution in [-0.4, -0.2) is 36.8 Å². The van der Waals surface area contributed by atoms with Crippen LogP contribution in [0.2, 0.25) is 0 Å². The second-order valence-corrected chi connectivity index (χ2v) is 7.28. The minimum Gasteiger partial charge on any atom is -0.492 e. The summed E-state index contributed by atoms with van der Waals surface area (Å²) >= 11 is 1.53. The van der Waals surface area contributed by atoms with Crippen molar-refractivity contribution in [2.24, 2.45) is 5.92 Å². The fraction of sp³-hybridized carbons (Fsp3) is 0.556. The number of ether oxygens (including phenoxy) is 2. The number of thiazole rings is 1. The molecule has 130 valence electrons. The lowest BCUT2D eigenvalue weighted by Crippen LogP contribution is -2.39. The molecule has 1 fully saturated rings. The molecule has 5 nitrogen and oxygen atoms in total. The minimum absolute atomic E-state index is 0.0789. The summed E-state index contributed by atoms with van der Waals surface area (Å²) in [4.78, 5) is 19.2. The van der Waals surface area contributed by atoms with E-state index in [0.717, 1.165) is 40.5 Å². The molecule has 0 bridgehead atoms. The normalized spacial score (nSPS) is 17.6. The van der Waals surface area contributed by atoms with E-state index in [1.807, 2.05) is 39.0 Å². The molecule has 0 radical (unpaired) electrons. The van der Waals surface area contributed by atoms with Crippen LogP contribution in [-0.2, 0) is 9.53 Å². The second-order valence-electron chi connectivity index (χ2n) is 6.27. The van der Waals surface area contributed by atoms with Crippen molar-refractivity contribution in [3.8, 4) is 5.75 Å². The van der Waals surface area contributed by atoms with Crippen LogP contribution in [0.4, 0.5) is 5.13 Å². The van der Waals surface area contributed by atoms with E-state index in [2.05, 4.69) is 0 Å². The first kappa shape index (κ1) is 17.2. The summed E-state index contributed by atoms with van der Waals surface area (Å²) in [6.45, 7) is 7.74. The molecule has 6 heteroatoms. The van der Waals surface area contributed by atoms with Crippen molar-refractivity contribution in [2.75, 3.05) is 24.7 Å². The van der Waals surface area contributed by atoms with Crippen LogP contribution in [0.3, 0.4) is 0 Å². The Morgan fingerprint density at radius 1 is 1.50 bits per heavy atom. The third kappa shape index (κ3) is 3.54. The predicted octanol–water partition coefficient (Wildman–Crippen LogP) is 3.86. The largest absolute Gasteiger partial charge is 0.492 e. The molecular formula is C18H24N2O3S. The second kappa shape index (κ2) is 7.49. The predicted molar refractivity (Wildman–Crippen MR) is 97.0 cm³/mol. The summed E-state index contributed by atoms with van der Waals surface area (Å²) in [5.41, 5.74) is 0.827. The van der Waals surface area contributed by atoms with Gasteiger partial charge in [-0.25, -0.2) is 4.98 Å². The number of para-hydroxylation sites is 1. The van der Waals surface area contributed by atoms with E-state index in [1.54, 1.807) is 4.90 Å². The van der Waals surface area contributed by atoms with Gasteiger partial charge in [0.1, 0.15) is 11.3 Å². The lowest BCUT2D eigenvalue weighted by Gasteiger charge is -2.24. The molecule has 2 aromatic rings. The number of nitrogens with zero attached hydrogens (tertiary/aromatic N) is 2. The molecule has 0 N–H and O–H groups in total. The fourth-order valence-corrected chi connectivity index (χ4v) is 3.86. The molecule has 1 aromatic heterocycles. The summed E-state index contributed by atoms with van der Waals surface area (Å²) in [6.07, 6.45) is 2.16. The van der Waals surface area contributed by atoms with Crippen molar-refractivity contribution >= 4 is 32.6 Å². The number of benzene rings is 1. The van der Waals surface area contributed by atoms with Crippen molar-refractivity contribution in [1.82, 2.24) is 4.98 Å². The first-order valence-electron chi connectivity index (χ1n) is 8.55. The highest BCUT2D eigenvalue weighted by Gasteiger charge is 2.27. The Morgan fingerprint density at radius 3 is 3.00 bits per heavy atom. The number of amides is 1. The summed E-state index contributed by atoms with van der Waals surface area (Å²) < 4.78 is 12.4. The Morgan fingerprint density at radius 2 is 2.33 bits per heavy atom. The van der Waals surface area contributed by atoms with Gasteiger partial charge in [0.2, 0.25) is 5.91 Å². The monoisotopic (exact) mass is 348 g/mol. The quantitative estimate of drug-likeness (QED) is 0.795. The van der Waals surface area contributed by atoms with E-state index in [-0.39, 0.29) is 17.9 Å². The smallest absolute Gasteiger partial charge is 0.231 e. The number of anilines is 1. The molecule has 1 aliphatic heterocycles. The molecule has 1 aliphatic rings. The van der Waals surface area contributed by atoms with Gasteiger partial charge in [0.05, 0.1) is 24.0 Å². The number of aromatic nitrogens is 1. The highest BCUT2D eigenvalue weighted by molar-refractivity contribution is 7.22. The van der Waals surface area contributed by atoms with E-state index >= 15 is 0 Å². The molecule has 1 amide bonds. The number of fused-ring (bicyclic) bond motifs is 1. The Kier molecular flexibility index (Phi) is 5.36. The Labute approximate surface area is 146 Å². The van der Waals surface area contributed by atoms with E-state index in [1.165, 1.54) is 11.3 Å². The first-order chi connectivity index (χ1) is 11.6. The average Bonchev–Trinajstić information content (AvgIpc) is 3.21. The molecule has 24 heavy (non-hydrogen) atoms. The first-order valence-corrected chi connectivity index (χ1v) is 9.37. The highest BCUT2D eigenvalue weighted by atomic mass is 32.1. The van der Waals surface area contributed by atoms with Gasteiger partial charge >= 0.3 is 0 Å². The van der Waals surface area contributed by atoms with Crippen LogP contribution in [0.5, 0.6) is 5.75 Å². The van der Waals surface area contributed by atoms with Crippen molar-refractivity contribution in [2.45, 2.75) is 39.7 Å². The number of hydrogen-bond acceptors (Lipinski definition) is 5. The molecule has 0 aliphatic carbocycles. The number of hydrogen-bond donors (Lipinski definition) is 0.